The van der Waals surface area contributed by atoms with E-state index in [4.69, 9.17) is 16.3 Å². The third kappa shape index (κ3) is 4.00. The summed E-state index contributed by atoms with van der Waals surface area (Å²) in [5.74, 6) is 0.358. The number of rotatable bonds is 5. The lowest BCUT2D eigenvalue weighted by atomic mass is 10.1. The third-order valence-corrected chi connectivity index (χ3v) is 4.18. The number of carbonyl (C=O) groups excluding carboxylic acids is 1. The maximum absolute atomic E-state index is 12.1. The summed E-state index contributed by atoms with van der Waals surface area (Å²) >= 11 is 6.04. The minimum Gasteiger partial charge on any atom is -0.495 e. The van der Waals surface area contributed by atoms with Gasteiger partial charge in [-0.2, -0.15) is 0 Å². The number of halogens is 1. The van der Waals surface area contributed by atoms with Gasteiger partial charge in [0.2, 0.25) is 5.91 Å². The number of nitrogens with one attached hydrogen (secondary N) is 2. The van der Waals surface area contributed by atoms with E-state index in [0.717, 1.165) is 10.9 Å². The van der Waals surface area contributed by atoms with Crippen molar-refractivity contribution in [2.45, 2.75) is 12.8 Å². The first-order valence-corrected chi connectivity index (χ1v) is 8.19. The molecule has 1 aromatic heterocycles. The number of fused-ring (bicyclic) bond motifs is 1. The van der Waals surface area contributed by atoms with Gasteiger partial charge < -0.3 is 15.0 Å². The van der Waals surface area contributed by atoms with E-state index < -0.39 is 0 Å². The number of pyridine rings is 1. The van der Waals surface area contributed by atoms with E-state index >= 15 is 0 Å². The Hall–Kier alpha value is -2.79. The zero-order valence-electron chi connectivity index (χ0n) is 13.6. The number of carbonyl (C=O) groups is 1. The summed E-state index contributed by atoms with van der Waals surface area (Å²) in [5.41, 5.74) is 1.79. The molecule has 0 saturated carbocycles. The van der Waals surface area contributed by atoms with Crippen LogP contribution >= 0.6 is 11.6 Å². The summed E-state index contributed by atoms with van der Waals surface area (Å²) in [6.45, 7) is 0. The van der Waals surface area contributed by atoms with Crippen LogP contribution in [0.3, 0.4) is 0 Å². The highest BCUT2D eigenvalue weighted by Crippen LogP contribution is 2.27. The lowest BCUT2D eigenvalue weighted by Gasteiger charge is -2.08. The van der Waals surface area contributed by atoms with E-state index in [2.05, 4.69) is 10.3 Å². The Morgan fingerprint density at radius 2 is 2.00 bits per heavy atom. The number of para-hydroxylation sites is 1. The Labute approximate surface area is 149 Å². The number of hydrogen-bond acceptors (Lipinski definition) is 3. The first-order chi connectivity index (χ1) is 12.1. The second kappa shape index (κ2) is 7.40. The number of aromatic nitrogens is 1. The highest BCUT2D eigenvalue weighted by atomic mass is 35.5. The van der Waals surface area contributed by atoms with Gasteiger partial charge in [0.1, 0.15) is 5.75 Å². The Bertz CT molecular complexity index is 982. The van der Waals surface area contributed by atoms with Crippen LogP contribution in [0.15, 0.2) is 53.3 Å². The minimum absolute atomic E-state index is 0.168. The fraction of sp³-hybridized carbons (Fsp3) is 0.158. The van der Waals surface area contributed by atoms with Crippen molar-refractivity contribution >= 4 is 34.1 Å². The van der Waals surface area contributed by atoms with Gasteiger partial charge in [0.25, 0.3) is 5.56 Å². The van der Waals surface area contributed by atoms with Crippen LogP contribution in [0, 0.1) is 0 Å². The van der Waals surface area contributed by atoms with Gasteiger partial charge >= 0.3 is 0 Å². The fourth-order valence-electron chi connectivity index (χ4n) is 2.59. The molecule has 0 aliphatic carbocycles. The van der Waals surface area contributed by atoms with E-state index in [0.29, 0.717) is 28.4 Å². The maximum Gasteiger partial charge on any atom is 0.251 e. The number of aryl methyl sites for hydroxylation is 1. The van der Waals surface area contributed by atoms with Crippen LogP contribution in [0.5, 0.6) is 5.75 Å². The molecule has 1 heterocycles. The molecule has 1 amide bonds. The average Bonchev–Trinajstić information content (AvgIpc) is 2.60. The molecule has 0 radical (unpaired) electrons. The summed E-state index contributed by atoms with van der Waals surface area (Å²) in [4.78, 5) is 27.1. The molecule has 2 N–H and O–H groups in total. The molecular formula is C19H17ClN2O3. The molecule has 0 atom stereocenters. The highest BCUT2D eigenvalue weighted by Gasteiger charge is 2.08. The Morgan fingerprint density at radius 1 is 1.20 bits per heavy atom. The number of benzene rings is 2. The molecule has 25 heavy (non-hydrogen) atoms. The molecule has 0 bridgehead atoms. The quantitative estimate of drug-likeness (QED) is 0.731. The molecule has 3 aromatic rings. The molecule has 5 nitrogen and oxygen atoms in total. The molecular weight excluding hydrogens is 340 g/mol. The van der Waals surface area contributed by atoms with Gasteiger partial charge in [-0.3, -0.25) is 9.59 Å². The highest BCUT2D eigenvalue weighted by molar-refractivity contribution is 6.32. The molecule has 0 fully saturated rings. The van der Waals surface area contributed by atoms with Crippen molar-refractivity contribution in [3.63, 3.8) is 0 Å². The second-order valence-corrected chi connectivity index (χ2v) is 6.02. The lowest BCUT2D eigenvalue weighted by Crippen LogP contribution is -2.17. The van der Waals surface area contributed by atoms with Crippen molar-refractivity contribution in [2.24, 2.45) is 0 Å². The zero-order chi connectivity index (χ0) is 17.8. The van der Waals surface area contributed by atoms with Crippen molar-refractivity contribution in [1.82, 2.24) is 4.98 Å². The first kappa shape index (κ1) is 17.0. The standard InChI is InChI=1S/C19H17ClN2O3/c1-25-17-8-7-14(11-15(17)20)21-18(23)9-6-13-10-12-4-2-3-5-16(12)22-19(13)24/h2-5,7-8,10-11H,6,9H2,1H3,(H,21,23)(H,22,24). The Morgan fingerprint density at radius 3 is 2.76 bits per heavy atom. The smallest absolute Gasteiger partial charge is 0.251 e. The van der Waals surface area contributed by atoms with Crippen LogP contribution in [0.4, 0.5) is 5.69 Å². The van der Waals surface area contributed by atoms with Gasteiger partial charge in [-0.25, -0.2) is 0 Å². The van der Waals surface area contributed by atoms with Crippen LogP contribution in [0.25, 0.3) is 10.9 Å². The van der Waals surface area contributed by atoms with Gasteiger partial charge in [0.15, 0.2) is 0 Å². The number of ether oxygens (including phenoxy) is 1. The number of H-pyrrole nitrogens is 1. The van der Waals surface area contributed by atoms with Crippen LogP contribution in [0.2, 0.25) is 5.02 Å². The molecule has 6 heteroatoms. The van der Waals surface area contributed by atoms with E-state index in [1.54, 1.807) is 18.2 Å². The fourth-order valence-corrected chi connectivity index (χ4v) is 2.85. The van der Waals surface area contributed by atoms with Crippen LogP contribution in [0.1, 0.15) is 12.0 Å². The number of amides is 1. The largest absolute Gasteiger partial charge is 0.495 e. The topological polar surface area (TPSA) is 71.2 Å². The maximum atomic E-state index is 12.1. The molecule has 0 saturated heterocycles. The monoisotopic (exact) mass is 356 g/mol. The summed E-state index contributed by atoms with van der Waals surface area (Å²) in [7, 11) is 1.53. The molecule has 0 aliphatic rings. The van der Waals surface area contributed by atoms with Crippen molar-refractivity contribution < 1.29 is 9.53 Å². The normalized spacial score (nSPS) is 10.6. The van der Waals surface area contributed by atoms with Gasteiger partial charge in [0.05, 0.1) is 12.1 Å². The predicted molar refractivity (Wildman–Crippen MR) is 99.5 cm³/mol. The summed E-state index contributed by atoms with van der Waals surface area (Å²) in [6.07, 6.45) is 0.557. The van der Waals surface area contributed by atoms with Crippen molar-refractivity contribution in [2.75, 3.05) is 12.4 Å². The van der Waals surface area contributed by atoms with Crippen LogP contribution < -0.4 is 15.6 Å². The van der Waals surface area contributed by atoms with Gasteiger partial charge in [-0.05, 0) is 42.1 Å². The minimum atomic E-state index is -0.186. The molecule has 3 rings (SSSR count). The molecule has 2 aromatic carbocycles. The lowest BCUT2D eigenvalue weighted by molar-refractivity contribution is -0.116. The van der Waals surface area contributed by atoms with Gasteiger partial charge in [-0.15, -0.1) is 0 Å². The van der Waals surface area contributed by atoms with E-state index in [9.17, 15) is 9.59 Å². The molecule has 128 valence electrons. The molecule has 0 unspecified atom stereocenters. The Kier molecular flexibility index (Phi) is 5.05. The SMILES string of the molecule is COc1ccc(NC(=O)CCc2cc3ccccc3[nH]c2=O)cc1Cl. The third-order valence-electron chi connectivity index (χ3n) is 3.89. The van der Waals surface area contributed by atoms with E-state index in [-0.39, 0.29) is 17.9 Å². The summed E-state index contributed by atoms with van der Waals surface area (Å²) in [5, 5.41) is 4.14. The van der Waals surface area contributed by atoms with Crippen molar-refractivity contribution in [3.8, 4) is 5.75 Å². The van der Waals surface area contributed by atoms with Gasteiger partial charge in [0, 0.05) is 23.2 Å². The van der Waals surface area contributed by atoms with Crippen molar-refractivity contribution in [3.05, 3.63) is 69.5 Å². The van der Waals surface area contributed by atoms with Crippen molar-refractivity contribution in [1.29, 1.82) is 0 Å². The summed E-state index contributed by atoms with van der Waals surface area (Å²) in [6, 6.07) is 14.4. The predicted octanol–water partition coefficient (Wildman–Crippen LogP) is 3.76. The van der Waals surface area contributed by atoms with E-state index in [1.165, 1.54) is 7.11 Å². The number of methoxy groups -OCH3 is 1. The number of anilines is 1. The van der Waals surface area contributed by atoms with Crippen LogP contribution in [-0.4, -0.2) is 18.0 Å². The average molecular weight is 357 g/mol. The molecule has 0 spiro atoms. The molecule has 0 aliphatic heterocycles. The Balaban J connectivity index is 1.67. The van der Waals surface area contributed by atoms with Crippen LogP contribution in [-0.2, 0) is 11.2 Å². The first-order valence-electron chi connectivity index (χ1n) is 7.81. The van der Waals surface area contributed by atoms with E-state index in [1.807, 2.05) is 30.3 Å². The summed E-state index contributed by atoms with van der Waals surface area (Å²) < 4.78 is 5.08. The number of aromatic amines is 1. The van der Waals surface area contributed by atoms with Gasteiger partial charge in [-0.1, -0.05) is 29.8 Å². The second-order valence-electron chi connectivity index (χ2n) is 5.61. The zero-order valence-corrected chi connectivity index (χ0v) is 14.4. The number of hydrogen-bond donors (Lipinski definition) is 2.